The molecule has 1 atom stereocenters. The number of rotatable bonds is 2. The molecule has 2 aromatic heterocycles. The zero-order chi connectivity index (χ0) is 12.7. The summed E-state index contributed by atoms with van der Waals surface area (Å²) in [5.74, 6) is -0.0135. The largest absolute Gasteiger partial charge is 0.480 e. The summed E-state index contributed by atoms with van der Waals surface area (Å²) < 4.78 is 0. The van der Waals surface area contributed by atoms with Gasteiger partial charge < -0.3 is 10.0 Å². The van der Waals surface area contributed by atoms with Gasteiger partial charge in [-0.15, -0.1) is 11.3 Å². The Hall–Kier alpha value is -1.69. The number of aryl methyl sites for hydroxylation is 1. The third kappa shape index (κ3) is 1.73. The maximum atomic E-state index is 11.2. The van der Waals surface area contributed by atoms with Crippen LogP contribution in [0.15, 0.2) is 12.4 Å². The molecule has 0 aliphatic carbocycles. The van der Waals surface area contributed by atoms with Crippen LogP contribution in [0.25, 0.3) is 10.2 Å². The highest BCUT2D eigenvalue weighted by Gasteiger charge is 2.32. The molecule has 3 rings (SSSR count). The summed E-state index contributed by atoms with van der Waals surface area (Å²) in [7, 11) is 0. The Labute approximate surface area is 108 Å². The van der Waals surface area contributed by atoms with Crippen LogP contribution in [0.5, 0.6) is 0 Å². The number of carboxylic acid groups (broad SMARTS) is 1. The number of thiophene rings is 1. The fraction of sp³-hybridized carbons (Fsp3) is 0.417. The van der Waals surface area contributed by atoms with Crippen molar-refractivity contribution in [3.05, 3.63) is 17.3 Å². The summed E-state index contributed by atoms with van der Waals surface area (Å²) in [6, 6.07) is 1.58. The zero-order valence-corrected chi connectivity index (χ0v) is 10.8. The first kappa shape index (κ1) is 11.4. The van der Waals surface area contributed by atoms with E-state index in [2.05, 4.69) is 9.97 Å². The van der Waals surface area contributed by atoms with Crippen molar-refractivity contribution in [3.8, 4) is 0 Å². The maximum absolute atomic E-state index is 11.2. The van der Waals surface area contributed by atoms with E-state index in [1.807, 2.05) is 17.9 Å². The summed E-state index contributed by atoms with van der Waals surface area (Å²) in [6.07, 6.45) is 3.10. The van der Waals surface area contributed by atoms with Crippen LogP contribution >= 0.6 is 11.3 Å². The molecular formula is C12H13N3O2S. The average molecular weight is 263 g/mol. The van der Waals surface area contributed by atoms with Crippen molar-refractivity contribution in [1.82, 2.24) is 9.97 Å². The quantitative estimate of drug-likeness (QED) is 0.898. The van der Waals surface area contributed by atoms with Crippen LogP contribution < -0.4 is 4.90 Å². The number of nitrogens with zero attached hydrogens (tertiary/aromatic N) is 3. The molecule has 1 fully saturated rings. The second-order valence-electron chi connectivity index (χ2n) is 4.46. The second kappa shape index (κ2) is 4.20. The van der Waals surface area contributed by atoms with E-state index in [0.29, 0.717) is 6.42 Å². The molecule has 0 amide bonds. The van der Waals surface area contributed by atoms with Crippen molar-refractivity contribution in [3.63, 3.8) is 0 Å². The molecule has 94 valence electrons. The van der Waals surface area contributed by atoms with E-state index in [9.17, 15) is 9.90 Å². The maximum Gasteiger partial charge on any atom is 0.326 e. The predicted octanol–water partition coefficient (Wildman–Crippen LogP) is 2.05. The third-order valence-electron chi connectivity index (χ3n) is 3.24. The molecule has 1 N–H and O–H groups in total. The molecule has 0 radical (unpaired) electrons. The van der Waals surface area contributed by atoms with Crippen LogP contribution in [-0.2, 0) is 4.79 Å². The van der Waals surface area contributed by atoms with Crippen molar-refractivity contribution >= 4 is 33.3 Å². The summed E-state index contributed by atoms with van der Waals surface area (Å²) in [4.78, 5) is 23.8. The summed E-state index contributed by atoms with van der Waals surface area (Å²) in [5, 5.41) is 10.2. The van der Waals surface area contributed by atoms with Crippen LogP contribution in [0.1, 0.15) is 17.7 Å². The lowest BCUT2D eigenvalue weighted by Gasteiger charge is -2.22. The first-order valence-electron chi connectivity index (χ1n) is 5.87. The number of aromatic nitrogens is 2. The summed E-state index contributed by atoms with van der Waals surface area (Å²) in [5.41, 5.74) is 0. The van der Waals surface area contributed by atoms with E-state index in [1.54, 1.807) is 11.3 Å². The van der Waals surface area contributed by atoms with Gasteiger partial charge in [0.1, 0.15) is 23.0 Å². The highest BCUT2D eigenvalue weighted by atomic mass is 32.1. The minimum Gasteiger partial charge on any atom is -0.480 e. The van der Waals surface area contributed by atoms with E-state index in [0.717, 1.165) is 33.9 Å². The minimum absolute atomic E-state index is 0.455. The van der Waals surface area contributed by atoms with Gasteiger partial charge in [-0.25, -0.2) is 14.8 Å². The fourth-order valence-corrected chi connectivity index (χ4v) is 3.31. The molecule has 6 heteroatoms. The van der Waals surface area contributed by atoms with Gasteiger partial charge in [0.15, 0.2) is 0 Å². The Balaban J connectivity index is 2.11. The molecule has 18 heavy (non-hydrogen) atoms. The van der Waals surface area contributed by atoms with Crippen LogP contribution in [-0.4, -0.2) is 33.6 Å². The van der Waals surface area contributed by atoms with Gasteiger partial charge in [0.05, 0.1) is 5.39 Å². The smallest absolute Gasteiger partial charge is 0.326 e. The Morgan fingerprint density at radius 3 is 3.17 bits per heavy atom. The highest BCUT2D eigenvalue weighted by molar-refractivity contribution is 7.18. The molecule has 1 saturated heterocycles. The topological polar surface area (TPSA) is 66.3 Å². The van der Waals surface area contributed by atoms with Gasteiger partial charge in [-0.1, -0.05) is 0 Å². The van der Waals surface area contributed by atoms with Crippen LogP contribution in [0.3, 0.4) is 0 Å². The average Bonchev–Trinajstić information content (AvgIpc) is 2.92. The molecule has 0 saturated carbocycles. The van der Waals surface area contributed by atoms with Gasteiger partial charge in [-0.05, 0) is 25.8 Å². The highest BCUT2D eigenvalue weighted by Crippen LogP contribution is 2.33. The van der Waals surface area contributed by atoms with Gasteiger partial charge >= 0.3 is 5.97 Å². The van der Waals surface area contributed by atoms with Crippen molar-refractivity contribution in [1.29, 1.82) is 0 Å². The van der Waals surface area contributed by atoms with E-state index in [-0.39, 0.29) is 0 Å². The van der Waals surface area contributed by atoms with Gasteiger partial charge in [-0.3, -0.25) is 0 Å². The molecule has 2 aromatic rings. The number of anilines is 1. The van der Waals surface area contributed by atoms with Crippen molar-refractivity contribution in [2.45, 2.75) is 25.8 Å². The Kier molecular flexibility index (Phi) is 2.66. The standard InChI is InChI=1S/C12H13N3O2S/c1-7-5-8-10(13-6-14-11(8)18-7)15-4-2-3-9(15)12(16)17/h5-6,9H,2-4H2,1H3,(H,16,17)/t9-/m0/s1. The van der Waals surface area contributed by atoms with Gasteiger partial charge in [0, 0.05) is 11.4 Å². The minimum atomic E-state index is -0.772. The van der Waals surface area contributed by atoms with Crippen LogP contribution in [0.4, 0.5) is 5.82 Å². The SMILES string of the molecule is Cc1cc2c(N3CCC[C@H]3C(=O)O)ncnc2s1. The van der Waals surface area contributed by atoms with Crippen molar-refractivity contribution in [2.75, 3.05) is 11.4 Å². The molecule has 1 aliphatic heterocycles. The van der Waals surface area contributed by atoms with Gasteiger partial charge in [0.25, 0.3) is 0 Å². The Morgan fingerprint density at radius 1 is 1.56 bits per heavy atom. The molecule has 0 spiro atoms. The molecule has 1 aliphatic rings. The normalized spacial score (nSPS) is 19.6. The monoisotopic (exact) mass is 263 g/mol. The van der Waals surface area contributed by atoms with Gasteiger partial charge in [0.2, 0.25) is 0 Å². The molecule has 0 bridgehead atoms. The van der Waals surface area contributed by atoms with E-state index >= 15 is 0 Å². The Morgan fingerprint density at radius 2 is 2.39 bits per heavy atom. The number of fused-ring (bicyclic) bond motifs is 1. The Bertz CT molecular complexity index is 610. The lowest BCUT2D eigenvalue weighted by molar-refractivity contribution is -0.138. The van der Waals surface area contributed by atoms with E-state index in [4.69, 9.17) is 0 Å². The number of hydrogen-bond donors (Lipinski definition) is 1. The van der Waals surface area contributed by atoms with Crippen LogP contribution in [0.2, 0.25) is 0 Å². The summed E-state index contributed by atoms with van der Waals surface area (Å²) >= 11 is 1.61. The van der Waals surface area contributed by atoms with E-state index < -0.39 is 12.0 Å². The van der Waals surface area contributed by atoms with Crippen LogP contribution in [0, 0.1) is 6.92 Å². The lowest BCUT2D eigenvalue weighted by Crippen LogP contribution is -2.36. The first-order chi connectivity index (χ1) is 8.66. The number of hydrogen-bond acceptors (Lipinski definition) is 5. The number of aliphatic carboxylic acids is 1. The number of carbonyl (C=O) groups is 1. The number of carboxylic acids is 1. The molecule has 0 unspecified atom stereocenters. The predicted molar refractivity (Wildman–Crippen MR) is 70.2 cm³/mol. The van der Waals surface area contributed by atoms with Gasteiger partial charge in [-0.2, -0.15) is 0 Å². The molecular weight excluding hydrogens is 250 g/mol. The first-order valence-corrected chi connectivity index (χ1v) is 6.69. The van der Waals surface area contributed by atoms with Crippen molar-refractivity contribution in [2.24, 2.45) is 0 Å². The van der Waals surface area contributed by atoms with Crippen molar-refractivity contribution < 1.29 is 9.90 Å². The lowest BCUT2D eigenvalue weighted by atomic mass is 10.2. The fourth-order valence-electron chi connectivity index (χ4n) is 2.47. The molecule has 5 nitrogen and oxygen atoms in total. The molecule has 0 aromatic carbocycles. The zero-order valence-electron chi connectivity index (χ0n) is 9.96. The summed E-state index contributed by atoms with van der Waals surface area (Å²) in [6.45, 7) is 2.77. The molecule has 3 heterocycles. The third-order valence-corrected chi connectivity index (χ3v) is 4.20. The second-order valence-corrected chi connectivity index (χ2v) is 5.70. The van der Waals surface area contributed by atoms with E-state index in [1.165, 1.54) is 6.33 Å².